The molecule has 2 heterocycles. The first-order valence-corrected chi connectivity index (χ1v) is 12.8. The van der Waals surface area contributed by atoms with Gasteiger partial charge in [0.2, 0.25) is 0 Å². The fourth-order valence-corrected chi connectivity index (χ4v) is 4.74. The van der Waals surface area contributed by atoms with Crippen LogP contribution >= 0.6 is 15.9 Å². The van der Waals surface area contributed by atoms with E-state index < -0.39 is 11.5 Å². The van der Waals surface area contributed by atoms with Crippen molar-refractivity contribution in [2.45, 2.75) is 45.1 Å². The van der Waals surface area contributed by atoms with Crippen molar-refractivity contribution < 1.29 is 14.3 Å². The zero-order chi connectivity index (χ0) is 26.7. The van der Waals surface area contributed by atoms with Gasteiger partial charge in [-0.3, -0.25) is 4.79 Å². The summed E-state index contributed by atoms with van der Waals surface area (Å²) < 4.78 is 7.37. The summed E-state index contributed by atoms with van der Waals surface area (Å²) in [5, 5.41) is 16.7. The molecule has 1 aliphatic heterocycles. The predicted octanol–water partition coefficient (Wildman–Crippen LogP) is 5.46. The van der Waals surface area contributed by atoms with Crippen LogP contribution in [0.1, 0.15) is 61.1 Å². The second-order valence-corrected chi connectivity index (χ2v) is 10.7. The molecule has 3 N–H and O–H groups in total. The van der Waals surface area contributed by atoms with E-state index in [0.717, 1.165) is 18.5 Å². The number of hydrogen-bond donors (Lipinski definition) is 2. The number of amides is 2. The highest BCUT2D eigenvalue weighted by atomic mass is 79.9. The highest BCUT2D eigenvalue weighted by molar-refractivity contribution is 9.10. The molecule has 192 valence electrons. The summed E-state index contributed by atoms with van der Waals surface area (Å²) in [5.74, 6) is -0.293. The summed E-state index contributed by atoms with van der Waals surface area (Å²) in [4.78, 5) is 26.5. The molecule has 2 amide bonds. The number of nitrogens with two attached hydrogens (primary N) is 1. The van der Waals surface area contributed by atoms with Gasteiger partial charge in [-0.25, -0.2) is 9.48 Å². The topological polar surface area (TPSA) is 126 Å². The first-order chi connectivity index (χ1) is 17.6. The molecule has 0 atom stereocenters. The van der Waals surface area contributed by atoms with Gasteiger partial charge < -0.3 is 20.7 Å². The van der Waals surface area contributed by atoms with E-state index in [0.29, 0.717) is 40.5 Å². The molecule has 1 aromatic heterocycles. The van der Waals surface area contributed by atoms with Gasteiger partial charge in [0.15, 0.2) is 10.3 Å². The molecule has 0 aliphatic carbocycles. The average Bonchev–Trinajstić information content (AvgIpc) is 3.19. The van der Waals surface area contributed by atoms with Crippen molar-refractivity contribution in [2.75, 3.05) is 18.4 Å². The van der Waals surface area contributed by atoms with E-state index in [1.165, 1.54) is 10.2 Å². The van der Waals surface area contributed by atoms with Crippen molar-refractivity contribution in [2.24, 2.45) is 5.73 Å². The molecule has 1 aliphatic rings. The SMILES string of the molecule is CC(C)(C)OC(=O)N1CCC(c2ccc(Nc3c(Br)nn(-c4ccc(C#N)cc4)c3C(N)=O)cc2)CC1. The number of nitrogens with zero attached hydrogens (tertiary/aromatic N) is 4. The Balaban J connectivity index is 1.46. The third-order valence-electron chi connectivity index (χ3n) is 6.12. The molecule has 10 heteroatoms. The summed E-state index contributed by atoms with van der Waals surface area (Å²) >= 11 is 3.43. The Hall–Kier alpha value is -3.84. The third kappa shape index (κ3) is 6.12. The van der Waals surface area contributed by atoms with Gasteiger partial charge in [-0.2, -0.15) is 10.4 Å². The van der Waals surface area contributed by atoms with Crippen molar-refractivity contribution in [3.8, 4) is 11.8 Å². The van der Waals surface area contributed by atoms with Gasteiger partial charge in [0.1, 0.15) is 11.3 Å². The summed E-state index contributed by atoms with van der Waals surface area (Å²) in [6.45, 7) is 6.93. The highest BCUT2D eigenvalue weighted by Crippen LogP contribution is 2.33. The highest BCUT2D eigenvalue weighted by Gasteiger charge is 2.28. The van der Waals surface area contributed by atoms with Gasteiger partial charge in [-0.15, -0.1) is 0 Å². The molecule has 9 nitrogen and oxygen atoms in total. The normalized spacial score (nSPS) is 14.2. The van der Waals surface area contributed by atoms with E-state index in [2.05, 4.69) is 44.5 Å². The lowest BCUT2D eigenvalue weighted by Gasteiger charge is -2.33. The summed E-state index contributed by atoms with van der Waals surface area (Å²) in [6, 6.07) is 16.8. The number of hydrogen-bond acceptors (Lipinski definition) is 6. The number of ether oxygens (including phenoxy) is 1. The van der Waals surface area contributed by atoms with Gasteiger partial charge in [-0.05, 0) is 97.4 Å². The number of carbonyl (C=O) groups excluding carboxylic acids is 2. The Bertz CT molecular complexity index is 1330. The molecule has 0 spiro atoms. The van der Waals surface area contributed by atoms with Crippen molar-refractivity contribution in [1.82, 2.24) is 14.7 Å². The molecule has 0 radical (unpaired) electrons. The largest absolute Gasteiger partial charge is 0.444 e. The monoisotopic (exact) mass is 564 g/mol. The number of primary amides is 1. The number of nitriles is 1. The minimum absolute atomic E-state index is 0.190. The third-order valence-corrected chi connectivity index (χ3v) is 6.67. The lowest BCUT2D eigenvalue weighted by Crippen LogP contribution is -2.41. The molecule has 37 heavy (non-hydrogen) atoms. The first-order valence-electron chi connectivity index (χ1n) is 12.0. The second-order valence-electron chi connectivity index (χ2n) is 9.94. The van der Waals surface area contributed by atoms with Crippen LogP contribution in [0.3, 0.4) is 0 Å². The van der Waals surface area contributed by atoms with Crippen LogP contribution in [0.5, 0.6) is 0 Å². The van der Waals surface area contributed by atoms with Gasteiger partial charge in [0, 0.05) is 18.8 Å². The van der Waals surface area contributed by atoms with Crippen molar-refractivity contribution in [1.29, 1.82) is 5.26 Å². The standard InChI is InChI=1S/C27H29BrN6O3/c1-27(2,3)37-26(36)33-14-12-19(13-15-33)18-6-8-20(9-7-18)31-22-23(25(30)35)34(32-24(22)28)21-10-4-17(16-29)5-11-21/h4-11,19,31H,12-15H2,1-3H3,(H2,30,35). The maximum atomic E-state index is 12.4. The van der Waals surface area contributed by atoms with Crippen molar-refractivity contribution in [3.05, 3.63) is 70.0 Å². The van der Waals surface area contributed by atoms with Crippen LogP contribution in [-0.4, -0.2) is 45.4 Å². The predicted molar refractivity (Wildman–Crippen MR) is 144 cm³/mol. The van der Waals surface area contributed by atoms with Gasteiger partial charge in [0.25, 0.3) is 5.91 Å². The van der Waals surface area contributed by atoms with Crippen LogP contribution in [-0.2, 0) is 4.74 Å². The maximum Gasteiger partial charge on any atom is 0.410 e. The number of piperidine rings is 1. The quantitative estimate of drug-likeness (QED) is 0.423. The number of aromatic nitrogens is 2. The Morgan fingerprint density at radius 1 is 1.11 bits per heavy atom. The zero-order valence-corrected chi connectivity index (χ0v) is 22.6. The lowest BCUT2D eigenvalue weighted by atomic mass is 9.89. The van der Waals surface area contributed by atoms with E-state index in [-0.39, 0.29) is 11.8 Å². The van der Waals surface area contributed by atoms with E-state index in [1.807, 2.05) is 32.9 Å². The van der Waals surface area contributed by atoms with Crippen molar-refractivity contribution in [3.63, 3.8) is 0 Å². The van der Waals surface area contributed by atoms with Crippen LogP contribution < -0.4 is 11.1 Å². The summed E-state index contributed by atoms with van der Waals surface area (Å²) in [5.41, 5.74) is 8.93. The number of nitrogens with one attached hydrogen (secondary N) is 1. The van der Waals surface area contributed by atoms with Crippen LogP contribution in [0.15, 0.2) is 53.1 Å². The number of carbonyl (C=O) groups is 2. The Morgan fingerprint density at radius 2 is 1.73 bits per heavy atom. The molecule has 2 aromatic carbocycles. The Kier molecular flexibility index (Phi) is 7.55. The minimum atomic E-state index is -0.640. The minimum Gasteiger partial charge on any atom is -0.444 e. The smallest absolute Gasteiger partial charge is 0.410 e. The fourth-order valence-electron chi connectivity index (χ4n) is 4.30. The summed E-state index contributed by atoms with van der Waals surface area (Å²) in [7, 11) is 0. The average molecular weight is 565 g/mol. The molecular weight excluding hydrogens is 536 g/mol. The maximum absolute atomic E-state index is 12.4. The Labute approximate surface area is 224 Å². The van der Waals surface area contributed by atoms with E-state index in [4.69, 9.17) is 15.7 Å². The molecule has 0 bridgehead atoms. The van der Waals surface area contributed by atoms with Crippen molar-refractivity contribution >= 4 is 39.3 Å². The van der Waals surface area contributed by atoms with Crippen LogP contribution in [0.2, 0.25) is 0 Å². The lowest BCUT2D eigenvalue weighted by molar-refractivity contribution is 0.0204. The van der Waals surface area contributed by atoms with Gasteiger partial charge >= 0.3 is 6.09 Å². The Morgan fingerprint density at radius 3 is 2.27 bits per heavy atom. The van der Waals surface area contributed by atoms with Gasteiger partial charge in [0.05, 0.1) is 17.3 Å². The zero-order valence-electron chi connectivity index (χ0n) is 21.0. The number of rotatable bonds is 5. The number of benzene rings is 2. The number of halogens is 1. The second kappa shape index (κ2) is 10.6. The fraction of sp³-hybridized carbons (Fsp3) is 0.333. The van der Waals surface area contributed by atoms with E-state index >= 15 is 0 Å². The molecular formula is C27H29BrN6O3. The van der Waals surface area contributed by atoms with E-state index in [9.17, 15) is 9.59 Å². The van der Waals surface area contributed by atoms with Crippen LogP contribution in [0.25, 0.3) is 5.69 Å². The van der Waals surface area contributed by atoms with E-state index in [1.54, 1.807) is 29.2 Å². The molecule has 1 fully saturated rings. The number of likely N-dealkylation sites (tertiary alicyclic amines) is 1. The molecule has 4 rings (SSSR count). The first kappa shape index (κ1) is 26.2. The van der Waals surface area contributed by atoms with Crippen LogP contribution in [0, 0.1) is 11.3 Å². The number of anilines is 2. The molecule has 0 saturated carbocycles. The molecule has 0 unspecified atom stereocenters. The summed E-state index contributed by atoms with van der Waals surface area (Å²) in [6.07, 6.45) is 1.46. The molecule has 3 aromatic rings. The van der Waals surface area contributed by atoms with Crippen LogP contribution in [0.4, 0.5) is 16.2 Å². The molecule has 1 saturated heterocycles. The van der Waals surface area contributed by atoms with Gasteiger partial charge in [-0.1, -0.05) is 12.1 Å².